The molecule has 0 aliphatic carbocycles. The quantitative estimate of drug-likeness (QED) is 0.546. The summed E-state index contributed by atoms with van der Waals surface area (Å²) < 4.78 is 19.5. The molecule has 0 aliphatic heterocycles. The smallest absolute Gasteiger partial charge is 0.283 e. The number of rotatable bonds is 7. The number of aryl methyl sites for hydroxylation is 2. The molecule has 3 rings (SSSR count). The fraction of sp³-hybridized carbons (Fsp3) is 0.364. The third-order valence-corrected chi connectivity index (χ3v) is 5.93. The zero-order valence-corrected chi connectivity index (χ0v) is 18.3. The second-order valence-electron chi connectivity index (χ2n) is 6.57. The fourth-order valence-electron chi connectivity index (χ4n) is 3.27. The molecule has 1 aromatic heterocycles. The van der Waals surface area contributed by atoms with E-state index in [1.54, 1.807) is 25.3 Å². The SMILES string of the molecule is CCOCCn1c(=NC(=O)c2cccc(OC)c2OC)sc2c(C)ccc(C)c21. The predicted molar refractivity (Wildman–Crippen MR) is 115 cm³/mol. The third-order valence-electron chi connectivity index (χ3n) is 4.72. The van der Waals surface area contributed by atoms with Gasteiger partial charge in [-0.15, -0.1) is 0 Å². The second-order valence-corrected chi connectivity index (χ2v) is 7.55. The van der Waals surface area contributed by atoms with Crippen molar-refractivity contribution in [1.29, 1.82) is 0 Å². The molecule has 0 atom stereocenters. The number of ether oxygens (including phenoxy) is 3. The first-order valence-corrected chi connectivity index (χ1v) is 10.3. The Kier molecular flexibility index (Phi) is 6.71. The number of amides is 1. The van der Waals surface area contributed by atoms with Crippen LogP contribution in [0.4, 0.5) is 0 Å². The lowest BCUT2D eigenvalue weighted by atomic mass is 10.1. The van der Waals surface area contributed by atoms with E-state index in [1.165, 1.54) is 18.4 Å². The standard InChI is InChI=1S/C22H26N2O4S/c1-6-28-13-12-24-18-14(2)10-11-15(3)20(18)29-22(24)23-21(25)16-8-7-9-17(26-4)19(16)27-5/h7-11H,6,12-13H2,1-5H3. The molecule has 6 nitrogen and oxygen atoms in total. The number of methoxy groups -OCH3 is 2. The first kappa shape index (κ1) is 21.1. The van der Waals surface area contributed by atoms with Gasteiger partial charge in [0.25, 0.3) is 5.91 Å². The van der Waals surface area contributed by atoms with Crippen molar-refractivity contribution in [1.82, 2.24) is 4.57 Å². The average Bonchev–Trinajstić information content (AvgIpc) is 3.09. The maximum absolute atomic E-state index is 13.1. The maximum atomic E-state index is 13.1. The number of carbonyl (C=O) groups excluding carboxylic acids is 1. The molecule has 29 heavy (non-hydrogen) atoms. The normalized spacial score (nSPS) is 11.8. The molecule has 0 fully saturated rings. The van der Waals surface area contributed by atoms with Crippen LogP contribution in [0.2, 0.25) is 0 Å². The largest absolute Gasteiger partial charge is 0.493 e. The van der Waals surface area contributed by atoms with Gasteiger partial charge >= 0.3 is 0 Å². The summed E-state index contributed by atoms with van der Waals surface area (Å²) in [6, 6.07) is 9.40. The van der Waals surface area contributed by atoms with Gasteiger partial charge in [0, 0.05) is 13.2 Å². The van der Waals surface area contributed by atoms with E-state index in [-0.39, 0.29) is 5.91 Å². The van der Waals surface area contributed by atoms with Gasteiger partial charge in [-0.3, -0.25) is 4.79 Å². The lowest BCUT2D eigenvalue weighted by Gasteiger charge is -2.10. The molecule has 1 heterocycles. The molecule has 7 heteroatoms. The van der Waals surface area contributed by atoms with Crippen LogP contribution >= 0.6 is 11.3 Å². The first-order valence-electron chi connectivity index (χ1n) is 9.49. The van der Waals surface area contributed by atoms with Crippen LogP contribution in [-0.4, -0.2) is 37.9 Å². The van der Waals surface area contributed by atoms with Gasteiger partial charge in [0.15, 0.2) is 16.3 Å². The summed E-state index contributed by atoms with van der Waals surface area (Å²) >= 11 is 1.52. The molecule has 0 unspecified atom stereocenters. The molecule has 0 N–H and O–H groups in total. The summed E-state index contributed by atoms with van der Waals surface area (Å²) in [7, 11) is 3.06. The van der Waals surface area contributed by atoms with Gasteiger partial charge in [-0.1, -0.05) is 29.5 Å². The molecule has 1 amide bonds. The minimum absolute atomic E-state index is 0.368. The number of fused-ring (bicyclic) bond motifs is 1. The molecular weight excluding hydrogens is 388 g/mol. The lowest BCUT2D eigenvalue weighted by molar-refractivity contribution is 0.0993. The Hall–Kier alpha value is -2.64. The molecule has 0 saturated carbocycles. The maximum Gasteiger partial charge on any atom is 0.283 e. The summed E-state index contributed by atoms with van der Waals surface area (Å²) in [5.41, 5.74) is 3.77. The molecule has 2 aromatic carbocycles. The molecule has 0 spiro atoms. The molecule has 0 saturated heterocycles. The molecule has 154 valence electrons. The van der Waals surface area contributed by atoms with E-state index in [1.807, 2.05) is 6.92 Å². The van der Waals surface area contributed by atoms with Crippen LogP contribution in [0.1, 0.15) is 28.4 Å². The number of hydrogen-bond donors (Lipinski definition) is 0. The molecule has 0 bridgehead atoms. The highest BCUT2D eigenvalue weighted by Gasteiger charge is 2.17. The van der Waals surface area contributed by atoms with Crippen LogP contribution in [0, 0.1) is 13.8 Å². The van der Waals surface area contributed by atoms with E-state index in [4.69, 9.17) is 14.2 Å². The van der Waals surface area contributed by atoms with E-state index in [0.29, 0.717) is 41.6 Å². The van der Waals surface area contributed by atoms with Gasteiger partial charge in [-0.05, 0) is 44.0 Å². The number of thiazole rings is 1. The van der Waals surface area contributed by atoms with Gasteiger partial charge in [0.2, 0.25) is 0 Å². The van der Waals surface area contributed by atoms with Gasteiger partial charge in [0.1, 0.15) is 0 Å². The molecule has 0 aliphatic rings. The third kappa shape index (κ3) is 4.21. The topological polar surface area (TPSA) is 62.1 Å². The van der Waals surface area contributed by atoms with Crippen LogP contribution in [-0.2, 0) is 11.3 Å². The van der Waals surface area contributed by atoms with Crippen LogP contribution in [0.5, 0.6) is 11.5 Å². The van der Waals surface area contributed by atoms with E-state index in [9.17, 15) is 4.79 Å². The minimum atomic E-state index is -0.368. The number of nitrogens with zero attached hydrogens (tertiary/aromatic N) is 2. The summed E-state index contributed by atoms with van der Waals surface area (Å²) in [6.45, 7) is 7.94. The highest BCUT2D eigenvalue weighted by molar-refractivity contribution is 7.16. The number of para-hydroxylation sites is 1. The van der Waals surface area contributed by atoms with Crippen molar-refractivity contribution in [2.45, 2.75) is 27.3 Å². The number of carbonyl (C=O) groups is 1. The van der Waals surface area contributed by atoms with Crippen LogP contribution in [0.25, 0.3) is 10.2 Å². The zero-order chi connectivity index (χ0) is 21.0. The van der Waals surface area contributed by atoms with Crippen molar-refractivity contribution in [3.8, 4) is 11.5 Å². The Morgan fingerprint density at radius 2 is 1.86 bits per heavy atom. The van der Waals surface area contributed by atoms with Crippen molar-refractivity contribution in [2.75, 3.05) is 27.4 Å². The molecular formula is C22H26N2O4S. The summed E-state index contributed by atoms with van der Waals surface area (Å²) in [4.78, 5) is 18.2. The molecule has 0 radical (unpaired) electrons. The number of aromatic nitrogens is 1. The van der Waals surface area contributed by atoms with Gasteiger partial charge in [0.05, 0.1) is 36.6 Å². The van der Waals surface area contributed by atoms with Gasteiger partial charge in [-0.2, -0.15) is 4.99 Å². The summed E-state index contributed by atoms with van der Waals surface area (Å²) in [5, 5.41) is 0. The van der Waals surface area contributed by atoms with Crippen molar-refractivity contribution in [3.63, 3.8) is 0 Å². The Bertz CT molecular complexity index is 1100. The zero-order valence-electron chi connectivity index (χ0n) is 17.4. The van der Waals surface area contributed by atoms with E-state index in [0.717, 1.165) is 21.3 Å². The first-order chi connectivity index (χ1) is 14.0. The number of hydrogen-bond acceptors (Lipinski definition) is 5. The van der Waals surface area contributed by atoms with E-state index >= 15 is 0 Å². The van der Waals surface area contributed by atoms with Gasteiger partial charge < -0.3 is 18.8 Å². The Labute approximate surface area is 174 Å². The van der Waals surface area contributed by atoms with Crippen molar-refractivity contribution in [3.05, 3.63) is 51.8 Å². The van der Waals surface area contributed by atoms with Crippen molar-refractivity contribution >= 4 is 27.5 Å². The van der Waals surface area contributed by atoms with E-state index < -0.39 is 0 Å². The fourth-order valence-corrected chi connectivity index (χ4v) is 4.47. The average molecular weight is 415 g/mol. The molecule has 3 aromatic rings. The highest BCUT2D eigenvalue weighted by atomic mass is 32.1. The van der Waals surface area contributed by atoms with Crippen LogP contribution in [0.15, 0.2) is 35.3 Å². The monoisotopic (exact) mass is 414 g/mol. The highest BCUT2D eigenvalue weighted by Crippen LogP contribution is 2.31. The Morgan fingerprint density at radius 3 is 2.55 bits per heavy atom. The summed E-state index contributed by atoms with van der Waals surface area (Å²) in [6.07, 6.45) is 0. The minimum Gasteiger partial charge on any atom is -0.493 e. The van der Waals surface area contributed by atoms with Crippen LogP contribution in [0.3, 0.4) is 0 Å². The summed E-state index contributed by atoms with van der Waals surface area (Å²) in [5.74, 6) is 0.520. The Balaban J connectivity index is 2.17. The van der Waals surface area contributed by atoms with E-state index in [2.05, 4.69) is 35.5 Å². The van der Waals surface area contributed by atoms with Crippen molar-refractivity contribution in [2.24, 2.45) is 4.99 Å². The van der Waals surface area contributed by atoms with Crippen LogP contribution < -0.4 is 14.3 Å². The Morgan fingerprint density at radius 1 is 1.10 bits per heavy atom. The van der Waals surface area contributed by atoms with Gasteiger partial charge in [-0.25, -0.2) is 0 Å². The second kappa shape index (κ2) is 9.24. The lowest BCUT2D eigenvalue weighted by Crippen LogP contribution is -2.20. The number of benzene rings is 2. The predicted octanol–water partition coefficient (Wildman–Crippen LogP) is 4.11. The van der Waals surface area contributed by atoms with Crippen molar-refractivity contribution < 1.29 is 19.0 Å².